The third kappa shape index (κ3) is 2.96. The second kappa shape index (κ2) is 6.75. The standard InChI is InChI=1S/C21H27N5O/c27-20(19-24-23-18-8-4-5-11-26(18)19)25-13-17-12-22-14-21(17,15-25)10-9-16-6-2-1-3-7-16/h1-3,6-7,17,22H,4-5,8-15H2. The number of nitrogens with zero attached hydrogens (tertiary/aromatic N) is 4. The fourth-order valence-corrected chi connectivity index (χ4v) is 5.18. The van der Waals surface area contributed by atoms with E-state index in [0.717, 1.165) is 70.7 Å². The average Bonchev–Trinajstić information content (AvgIpc) is 3.39. The first-order chi connectivity index (χ1) is 13.3. The number of hydrogen-bond donors (Lipinski definition) is 1. The Balaban J connectivity index is 1.33. The average molecular weight is 365 g/mol. The van der Waals surface area contributed by atoms with Crippen molar-refractivity contribution in [3.05, 3.63) is 47.5 Å². The highest BCUT2D eigenvalue weighted by molar-refractivity contribution is 5.91. The van der Waals surface area contributed by atoms with Gasteiger partial charge in [0, 0.05) is 44.6 Å². The van der Waals surface area contributed by atoms with E-state index in [4.69, 9.17) is 0 Å². The van der Waals surface area contributed by atoms with Gasteiger partial charge in [0.1, 0.15) is 5.82 Å². The van der Waals surface area contributed by atoms with Crippen molar-refractivity contribution in [3.63, 3.8) is 0 Å². The van der Waals surface area contributed by atoms with E-state index in [-0.39, 0.29) is 11.3 Å². The summed E-state index contributed by atoms with van der Waals surface area (Å²) in [6, 6.07) is 10.7. The Bertz CT molecular complexity index is 832. The maximum Gasteiger partial charge on any atom is 0.291 e. The molecule has 1 amide bonds. The molecule has 142 valence electrons. The van der Waals surface area contributed by atoms with Gasteiger partial charge in [0.25, 0.3) is 5.91 Å². The third-order valence-electron chi connectivity index (χ3n) is 6.77. The van der Waals surface area contributed by atoms with Crippen molar-refractivity contribution >= 4 is 5.91 Å². The van der Waals surface area contributed by atoms with E-state index in [2.05, 4.69) is 50.4 Å². The van der Waals surface area contributed by atoms with E-state index in [1.165, 1.54) is 5.56 Å². The molecule has 1 aromatic heterocycles. The highest BCUT2D eigenvalue weighted by atomic mass is 16.2. The Kier molecular flexibility index (Phi) is 4.23. The molecular weight excluding hydrogens is 338 g/mol. The molecule has 0 spiro atoms. The summed E-state index contributed by atoms with van der Waals surface area (Å²) in [5.74, 6) is 2.14. The summed E-state index contributed by atoms with van der Waals surface area (Å²) < 4.78 is 2.05. The molecule has 0 saturated carbocycles. The number of fused-ring (bicyclic) bond motifs is 2. The minimum Gasteiger partial charge on any atom is -0.335 e. The number of aryl methyl sites for hydroxylation is 2. The Morgan fingerprint density at radius 1 is 1.22 bits per heavy atom. The highest BCUT2D eigenvalue weighted by Gasteiger charge is 2.50. The summed E-state index contributed by atoms with van der Waals surface area (Å²) in [6.07, 6.45) is 5.39. The Morgan fingerprint density at radius 2 is 2.11 bits per heavy atom. The van der Waals surface area contributed by atoms with Crippen molar-refractivity contribution in [1.82, 2.24) is 25.0 Å². The molecule has 6 heteroatoms. The van der Waals surface area contributed by atoms with Crippen molar-refractivity contribution in [2.75, 3.05) is 26.2 Å². The molecule has 3 aliphatic rings. The molecular formula is C21H27N5O. The second-order valence-electron chi connectivity index (χ2n) is 8.41. The first kappa shape index (κ1) is 16.9. The topological polar surface area (TPSA) is 63.1 Å². The van der Waals surface area contributed by atoms with E-state index in [0.29, 0.717) is 11.7 Å². The van der Waals surface area contributed by atoms with Crippen LogP contribution >= 0.6 is 0 Å². The lowest BCUT2D eigenvalue weighted by Gasteiger charge is -2.28. The molecule has 1 N–H and O–H groups in total. The predicted molar refractivity (Wildman–Crippen MR) is 102 cm³/mol. The van der Waals surface area contributed by atoms with Crippen LogP contribution in [0.3, 0.4) is 0 Å². The van der Waals surface area contributed by atoms with Gasteiger partial charge in [-0.15, -0.1) is 10.2 Å². The van der Waals surface area contributed by atoms with Gasteiger partial charge in [-0.2, -0.15) is 0 Å². The Morgan fingerprint density at radius 3 is 3.00 bits per heavy atom. The zero-order valence-corrected chi connectivity index (χ0v) is 15.7. The van der Waals surface area contributed by atoms with Crippen LogP contribution < -0.4 is 5.32 Å². The van der Waals surface area contributed by atoms with E-state index in [1.807, 2.05) is 4.90 Å². The molecule has 2 atom stereocenters. The minimum atomic E-state index is 0.0733. The molecule has 0 radical (unpaired) electrons. The lowest BCUT2D eigenvalue weighted by atomic mass is 9.76. The molecule has 2 fully saturated rings. The van der Waals surface area contributed by atoms with Crippen LogP contribution in [0.4, 0.5) is 0 Å². The van der Waals surface area contributed by atoms with Crippen molar-refractivity contribution < 1.29 is 4.79 Å². The number of benzene rings is 1. The zero-order chi connectivity index (χ0) is 18.3. The van der Waals surface area contributed by atoms with Crippen molar-refractivity contribution in [1.29, 1.82) is 0 Å². The van der Waals surface area contributed by atoms with Gasteiger partial charge in [-0.05, 0) is 37.2 Å². The number of nitrogens with one attached hydrogen (secondary N) is 1. The van der Waals surface area contributed by atoms with E-state index >= 15 is 0 Å². The van der Waals surface area contributed by atoms with Crippen LogP contribution in [0.5, 0.6) is 0 Å². The maximum absolute atomic E-state index is 13.2. The summed E-state index contributed by atoms with van der Waals surface area (Å²) in [5, 5.41) is 12.1. The van der Waals surface area contributed by atoms with Crippen molar-refractivity contribution in [2.24, 2.45) is 11.3 Å². The molecule has 2 unspecified atom stereocenters. The van der Waals surface area contributed by atoms with Gasteiger partial charge in [0.05, 0.1) is 0 Å². The molecule has 3 aliphatic heterocycles. The SMILES string of the molecule is O=C(c1nnc2n1CCCC2)N1CC2CNCC2(CCc2ccccc2)C1. The van der Waals surface area contributed by atoms with E-state index in [1.54, 1.807) is 0 Å². The number of amides is 1. The van der Waals surface area contributed by atoms with Crippen LogP contribution in [0, 0.1) is 11.3 Å². The lowest BCUT2D eigenvalue weighted by Crippen LogP contribution is -2.37. The molecule has 4 heterocycles. The molecule has 2 saturated heterocycles. The largest absolute Gasteiger partial charge is 0.335 e. The molecule has 2 aromatic rings. The van der Waals surface area contributed by atoms with Gasteiger partial charge in [-0.1, -0.05) is 30.3 Å². The fraction of sp³-hybridized carbons (Fsp3) is 0.571. The third-order valence-corrected chi connectivity index (χ3v) is 6.77. The monoisotopic (exact) mass is 365 g/mol. The molecule has 0 bridgehead atoms. The van der Waals surface area contributed by atoms with Gasteiger partial charge < -0.3 is 14.8 Å². The number of likely N-dealkylation sites (tertiary alicyclic amines) is 1. The second-order valence-corrected chi connectivity index (χ2v) is 8.41. The first-order valence-electron chi connectivity index (χ1n) is 10.2. The molecule has 27 heavy (non-hydrogen) atoms. The summed E-state index contributed by atoms with van der Waals surface area (Å²) in [5.41, 5.74) is 1.57. The van der Waals surface area contributed by atoms with Crippen LogP contribution in [0.25, 0.3) is 0 Å². The number of carbonyl (C=O) groups excluding carboxylic acids is 1. The predicted octanol–water partition coefficient (Wildman–Crippen LogP) is 1.91. The molecule has 0 aliphatic carbocycles. The van der Waals surface area contributed by atoms with E-state index < -0.39 is 0 Å². The van der Waals surface area contributed by atoms with Gasteiger partial charge in [-0.25, -0.2) is 0 Å². The maximum atomic E-state index is 13.2. The van der Waals surface area contributed by atoms with Gasteiger partial charge in [0.2, 0.25) is 5.82 Å². The Hall–Kier alpha value is -2.21. The number of rotatable bonds is 4. The number of hydrogen-bond acceptors (Lipinski definition) is 4. The minimum absolute atomic E-state index is 0.0733. The van der Waals surface area contributed by atoms with Crippen LogP contribution in [0.15, 0.2) is 30.3 Å². The highest BCUT2D eigenvalue weighted by Crippen LogP contribution is 2.43. The van der Waals surface area contributed by atoms with Gasteiger partial charge in [0.15, 0.2) is 0 Å². The summed E-state index contributed by atoms with van der Waals surface area (Å²) >= 11 is 0. The van der Waals surface area contributed by atoms with Crippen LogP contribution in [0.2, 0.25) is 0 Å². The zero-order valence-electron chi connectivity index (χ0n) is 15.7. The summed E-state index contributed by atoms with van der Waals surface area (Å²) in [6.45, 7) is 4.56. The van der Waals surface area contributed by atoms with Crippen LogP contribution in [-0.2, 0) is 19.4 Å². The number of carbonyl (C=O) groups is 1. The lowest BCUT2D eigenvalue weighted by molar-refractivity contribution is 0.0750. The fourth-order valence-electron chi connectivity index (χ4n) is 5.18. The van der Waals surface area contributed by atoms with Crippen LogP contribution in [0.1, 0.15) is 41.3 Å². The molecule has 6 nitrogen and oxygen atoms in total. The van der Waals surface area contributed by atoms with Gasteiger partial charge in [-0.3, -0.25) is 4.79 Å². The quantitative estimate of drug-likeness (QED) is 0.899. The smallest absolute Gasteiger partial charge is 0.291 e. The van der Waals surface area contributed by atoms with Crippen molar-refractivity contribution in [3.8, 4) is 0 Å². The van der Waals surface area contributed by atoms with E-state index in [9.17, 15) is 4.79 Å². The normalized spacial score (nSPS) is 26.8. The van der Waals surface area contributed by atoms with Crippen LogP contribution in [-0.4, -0.2) is 51.8 Å². The molecule has 1 aromatic carbocycles. The summed E-state index contributed by atoms with van der Waals surface area (Å²) in [7, 11) is 0. The first-order valence-corrected chi connectivity index (χ1v) is 10.2. The molecule has 5 rings (SSSR count). The Labute approximate surface area is 160 Å². The van der Waals surface area contributed by atoms with Crippen molar-refractivity contribution in [2.45, 2.75) is 38.6 Å². The number of aromatic nitrogens is 3. The summed E-state index contributed by atoms with van der Waals surface area (Å²) in [4.78, 5) is 15.3. The van der Waals surface area contributed by atoms with Gasteiger partial charge >= 0.3 is 0 Å².